The summed E-state index contributed by atoms with van der Waals surface area (Å²) in [4.78, 5) is 0. The van der Waals surface area contributed by atoms with E-state index in [2.05, 4.69) is 31.2 Å². The van der Waals surface area contributed by atoms with Gasteiger partial charge in [0.2, 0.25) is 0 Å². The largest absolute Gasteiger partial charge is 0.199 e. The van der Waals surface area contributed by atoms with Crippen molar-refractivity contribution in [3.8, 4) is 6.07 Å². The van der Waals surface area contributed by atoms with E-state index in [-0.39, 0.29) is 0 Å². The molecule has 1 aliphatic carbocycles. The van der Waals surface area contributed by atoms with Crippen LogP contribution in [0.5, 0.6) is 0 Å². The maximum Gasteiger partial charge on any atom is 0.199 e. The van der Waals surface area contributed by atoms with Gasteiger partial charge in [-0.15, -0.1) is 0 Å². The summed E-state index contributed by atoms with van der Waals surface area (Å²) in [5.74, 6) is 0.446. The monoisotopic (exact) mass is 311 g/mol. The molecule has 1 fully saturated rings. The summed E-state index contributed by atoms with van der Waals surface area (Å²) in [6.45, 7) is 2.23. The van der Waals surface area contributed by atoms with Crippen LogP contribution in [0.15, 0.2) is 48.3 Å². The third-order valence-corrected chi connectivity index (χ3v) is 4.77. The van der Waals surface area contributed by atoms with Crippen LogP contribution in [-0.4, -0.2) is 0 Å². The molecule has 0 aliphatic heterocycles. The van der Waals surface area contributed by atoms with E-state index in [9.17, 15) is 4.39 Å². The SMILES string of the molecule is CCCCc1ccc(C2CCC(C=CC=C(F)C#N)CC2)cc1. The highest BCUT2D eigenvalue weighted by atomic mass is 19.1. The Bertz CT molecular complexity index is 569. The van der Waals surface area contributed by atoms with E-state index in [0.717, 1.165) is 12.8 Å². The van der Waals surface area contributed by atoms with Crippen LogP contribution < -0.4 is 0 Å². The Morgan fingerprint density at radius 3 is 2.52 bits per heavy atom. The van der Waals surface area contributed by atoms with E-state index in [1.54, 1.807) is 6.08 Å². The van der Waals surface area contributed by atoms with Gasteiger partial charge in [0.25, 0.3) is 0 Å². The number of rotatable bonds is 6. The number of halogens is 1. The molecule has 1 nitrogen and oxygen atoms in total. The summed E-state index contributed by atoms with van der Waals surface area (Å²) in [6, 6.07) is 10.7. The Kier molecular flexibility index (Phi) is 7.07. The second-order valence-corrected chi connectivity index (χ2v) is 6.47. The third-order valence-electron chi connectivity index (χ3n) is 4.77. The summed E-state index contributed by atoms with van der Waals surface area (Å²) in [5.41, 5.74) is 2.90. The van der Waals surface area contributed by atoms with E-state index in [1.807, 2.05) is 6.08 Å². The van der Waals surface area contributed by atoms with Crippen molar-refractivity contribution in [3.05, 3.63) is 59.4 Å². The molecule has 1 aromatic rings. The van der Waals surface area contributed by atoms with Crippen LogP contribution in [0.4, 0.5) is 4.39 Å². The zero-order valence-corrected chi connectivity index (χ0v) is 14.0. The molecule has 1 aliphatic rings. The highest BCUT2D eigenvalue weighted by Gasteiger charge is 2.20. The van der Waals surface area contributed by atoms with Gasteiger partial charge in [-0.1, -0.05) is 49.8 Å². The molecular formula is C21H26FN. The average molecular weight is 311 g/mol. The lowest BCUT2D eigenvalue weighted by Crippen LogP contribution is -2.11. The van der Waals surface area contributed by atoms with Crippen molar-refractivity contribution in [3.63, 3.8) is 0 Å². The predicted molar refractivity (Wildman–Crippen MR) is 93.7 cm³/mol. The van der Waals surface area contributed by atoms with Gasteiger partial charge in [-0.3, -0.25) is 0 Å². The standard InChI is InChI=1S/C21H26FN/c1-2-3-5-17-8-12-19(13-9-17)20-14-10-18(11-15-20)6-4-7-21(22)16-23/h4,6-9,12-13,18,20H,2-3,5,10-11,14-15H2,1H3. The Morgan fingerprint density at radius 2 is 1.91 bits per heavy atom. The molecule has 0 amide bonds. The Hall–Kier alpha value is -1.88. The fourth-order valence-electron chi connectivity index (χ4n) is 3.32. The topological polar surface area (TPSA) is 23.8 Å². The van der Waals surface area contributed by atoms with Crippen LogP contribution in [0, 0.1) is 17.2 Å². The Balaban J connectivity index is 1.83. The van der Waals surface area contributed by atoms with Gasteiger partial charge in [0.15, 0.2) is 5.83 Å². The van der Waals surface area contributed by atoms with Crippen LogP contribution in [0.25, 0.3) is 0 Å². The van der Waals surface area contributed by atoms with Crippen molar-refractivity contribution in [2.75, 3.05) is 0 Å². The zero-order valence-electron chi connectivity index (χ0n) is 14.0. The molecule has 23 heavy (non-hydrogen) atoms. The first-order valence-electron chi connectivity index (χ1n) is 8.75. The van der Waals surface area contributed by atoms with E-state index in [0.29, 0.717) is 11.8 Å². The summed E-state index contributed by atoms with van der Waals surface area (Å²) < 4.78 is 12.7. The molecule has 0 aromatic heterocycles. The van der Waals surface area contributed by atoms with Gasteiger partial charge >= 0.3 is 0 Å². The molecule has 2 heteroatoms. The fourth-order valence-corrected chi connectivity index (χ4v) is 3.32. The van der Waals surface area contributed by atoms with E-state index >= 15 is 0 Å². The number of hydrogen-bond donors (Lipinski definition) is 0. The highest BCUT2D eigenvalue weighted by Crippen LogP contribution is 2.36. The Morgan fingerprint density at radius 1 is 1.22 bits per heavy atom. The van der Waals surface area contributed by atoms with Crippen molar-refractivity contribution < 1.29 is 4.39 Å². The first-order valence-corrected chi connectivity index (χ1v) is 8.75. The smallest absolute Gasteiger partial charge is 0.195 e. The lowest BCUT2D eigenvalue weighted by Gasteiger charge is -2.27. The molecule has 0 saturated heterocycles. The summed E-state index contributed by atoms with van der Waals surface area (Å²) >= 11 is 0. The van der Waals surface area contributed by atoms with Crippen LogP contribution in [-0.2, 0) is 6.42 Å². The van der Waals surface area contributed by atoms with E-state index < -0.39 is 5.83 Å². The molecule has 0 unspecified atom stereocenters. The fraction of sp³-hybridized carbons (Fsp3) is 0.476. The van der Waals surface area contributed by atoms with Crippen LogP contribution in [0.1, 0.15) is 62.5 Å². The molecule has 1 aromatic carbocycles. The summed E-state index contributed by atoms with van der Waals surface area (Å²) in [7, 11) is 0. The maximum absolute atomic E-state index is 12.7. The van der Waals surface area contributed by atoms with Crippen molar-refractivity contribution in [2.24, 2.45) is 5.92 Å². The van der Waals surface area contributed by atoms with Gasteiger partial charge in [0.1, 0.15) is 6.07 Å². The van der Waals surface area contributed by atoms with Gasteiger partial charge < -0.3 is 0 Å². The van der Waals surface area contributed by atoms with Crippen LogP contribution in [0.3, 0.4) is 0 Å². The number of aryl methyl sites for hydroxylation is 1. The number of nitrogens with zero attached hydrogens (tertiary/aromatic N) is 1. The minimum atomic E-state index is -0.724. The van der Waals surface area contributed by atoms with E-state index in [4.69, 9.17) is 5.26 Å². The summed E-state index contributed by atoms with van der Waals surface area (Å²) in [5, 5.41) is 8.37. The number of hydrogen-bond acceptors (Lipinski definition) is 1. The maximum atomic E-state index is 12.7. The van der Waals surface area contributed by atoms with Gasteiger partial charge in [-0.25, -0.2) is 0 Å². The van der Waals surface area contributed by atoms with Gasteiger partial charge in [-0.05, 0) is 67.6 Å². The van der Waals surface area contributed by atoms with E-state index in [1.165, 1.54) is 55.4 Å². The molecule has 0 N–H and O–H groups in total. The second kappa shape index (κ2) is 9.30. The lowest BCUT2D eigenvalue weighted by molar-refractivity contribution is 0.376. The highest BCUT2D eigenvalue weighted by molar-refractivity contribution is 5.26. The lowest BCUT2D eigenvalue weighted by atomic mass is 9.78. The van der Waals surface area contributed by atoms with Crippen molar-refractivity contribution in [1.29, 1.82) is 5.26 Å². The molecule has 0 radical (unpaired) electrons. The zero-order chi connectivity index (χ0) is 16.5. The molecule has 122 valence electrons. The van der Waals surface area contributed by atoms with Crippen molar-refractivity contribution in [1.82, 2.24) is 0 Å². The molecule has 0 atom stereocenters. The number of unbranched alkanes of at least 4 members (excludes halogenated alkanes) is 1. The Labute approximate surface area is 139 Å². The first kappa shape index (κ1) is 17.5. The first-order chi connectivity index (χ1) is 11.2. The molecule has 0 spiro atoms. The van der Waals surface area contributed by atoms with Crippen molar-refractivity contribution in [2.45, 2.75) is 57.8 Å². The molecule has 1 saturated carbocycles. The van der Waals surface area contributed by atoms with Gasteiger partial charge in [0.05, 0.1) is 0 Å². The molecule has 0 bridgehead atoms. The number of nitriles is 1. The minimum Gasteiger partial charge on any atom is -0.195 e. The van der Waals surface area contributed by atoms with Gasteiger partial charge in [-0.2, -0.15) is 9.65 Å². The second-order valence-electron chi connectivity index (χ2n) is 6.47. The normalized spacial score (nSPS) is 22.2. The molecule has 2 rings (SSSR count). The third kappa shape index (κ3) is 5.67. The molecule has 0 heterocycles. The van der Waals surface area contributed by atoms with Crippen LogP contribution in [0.2, 0.25) is 0 Å². The average Bonchev–Trinajstić information content (AvgIpc) is 2.61. The van der Waals surface area contributed by atoms with Crippen LogP contribution >= 0.6 is 0 Å². The molecular weight excluding hydrogens is 285 g/mol. The minimum absolute atomic E-state index is 0.512. The summed E-state index contributed by atoms with van der Waals surface area (Å²) in [6.07, 6.45) is 13.3. The van der Waals surface area contributed by atoms with Crippen molar-refractivity contribution >= 4 is 0 Å². The predicted octanol–water partition coefficient (Wildman–Crippen LogP) is 6.24. The number of benzene rings is 1. The number of allylic oxidation sites excluding steroid dienone is 4. The van der Waals surface area contributed by atoms with Gasteiger partial charge in [0, 0.05) is 0 Å². The quantitative estimate of drug-likeness (QED) is 0.451.